The highest BCUT2D eigenvalue weighted by atomic mass is 16.4. The van der Waals surface area contributed by atoms with Crippen LogP contribution in [-0.4, -0.2) is 26.3 Å². The van der Waals surface area contributed by atoms with Crippen LogP contribution in [0.3, 0.4) is 0 Å². The predicted molar refractivity (Wildman–Crippen MR) is 59.0 cm³/mol. The minimum Gasteiger partial charge on any atom is -0.478 e. The first kappa shape index (κ1) is 10.5. The van der Waals surface area contributed by atoms with Gasteiger partial charge in [-0.3, -0.25) is 0 Å². The maximum Gasteiger partial charge on any atom is 0.339 e. The molecule has 1 N–H and O–H groups in total. The molecule has 0 aliphatic heterocycles. The molecule has 0 spiro atoms. The lowest BCUT2D eigenvalue weighted by Crippen LogP contribution is -1.99. The fraction of sp³-hybridized carbons (Fsp3) is 0.0909. The van der Waals surface area contributed by atoms with E-state index in [-0.39, 0.29) is 17.0 Å². The zero-order chi connectivity index (χ0) is 12.7. The van der Waals surface area contributed by atoms with Gasteiger partial charge in [-0.25, -0.2) is 9.78 Å². The van der Waals surface area contributed by atoms with Gasteiger partial charge < -0.3 is 13.9 Å². The molecule has 7 nitrogen and oxygen atoms in total. The van der Waals surface area contributed by atoms with E-state index in [0.29, 0.717) is 17.1 Å². The van der Waals surface area contributed by atoms with E-state index >= 15 is 0 Å². The Labute approximate surface area is 100 Å². The van der Waals surface area contributed by atoms with Gasteiger partial charge in [0, 0.05) is 13.0 Å². The molecule has 0 aliphatic rings. The molecular weight excluding hydrogens is 238 g/mol. The molecule has 0 radical (unpaired) electrons. The molecule has 0 saturated heterocycles. The molecule has 0 aliphatic carbocycles. The Hall–Kier alpha value is -2.70. The normalized spacial score (nSPS) is 10.9. The van der Waals surface area contributed by atoms with Crippen molar-refractivity contribution in [2.24, 2.45) is 0 Å². The fourth-order valence-corrected chi connectivity index (χ4v) is 1.62. The molecule has 0 aromatic carbocycles. The number of fused-ring (bicyclic) bond motifs is 1. The molecule has 3 rings (SSSR count). The summed E-state index contributed by atoms with van der Waals surface area (Å²) >= 11 is 0. The first-order valence-corrected chi connectivity index (χ1v) is 5.07. The van der Waals surface area contributed by atoms with Gasteiger partial charge in [0.2, 0.25) is 5.89 Å². The molecule has 3 aromatic rings. The van der Waals surface area contributed by atoms with Crippen molar-refractivity contribution < 1.29 is 18.7 Å². The highest BCUT2D eigenvalue weighted by Gasteiger charge is 2.17. The first-order valence-electron chi connectivity index (χ1n) is 5.07. The van der Waals surface area contributed by atoms with E-state index in [1.54, 1.807) is 13.0 Å². The zero-order valence-electron chi connectivity index (χ0n) is 9.25. The number of furan rings is 1. The van der Waals surface area contributed by atoms with Gasteiger partial charge in [0.15, 0.2) is 5.58 Å². The van der Waals surface area contributed by atoms with Crippen LogP contribution in [-0.2, 0) is 0 Å². The lowest BCUT2D eigenvalue weighted by atomic mass is 10.2. The summed E-state index contributed by atoms with van der Waals surface area (Å²) in [6.07, 6.45) is 1.38. The number of rotatable bonds is 2. The van der Waals surface area contributed by atoms with Crippen LogP contribution >= 0.6 is 0 Å². The fourth-order valence-electron chi connectivity index (χ4n) is 1.62. The monoisotopic (exact) mass is 245 g/mol. The average molecular weight is 245 g/mol. The summed E-state index contributed by atoms with van der Waals surface area (Å²) < 4.78 is 10.3. The van der Waals surface area contributed by atoms with E-state index in [1.807, 2.05) is 0 Å². The van der Waals surface area contributed by atoms with Crippen LogP contribution in [0.5, 0.6) is 0 Å². The van der Waals surface area contributed by atoms with Gasteiger partial charge in [-0.1, -0.05) is 0 Å². The van der Waals surface area contributed by atoms with Crippen LogP contribution in [0.15, 0.2) is 27.2 Å². The molecule has 0 bridgehead atoms. The molecule has 3 heterocycles. The number of nitrogens with zero attached hydrogens (tertiary/aromatic N) is 3. The van der Waals surface area contributed by atoms with Gasteiger partial charge >= 0.3 is 5.97 Å². The largest absolute Gasteiger partial charge is 0.478 e. The van der Waals surface area contributed by atoms with Crippen molar-refractivity contribution in [2.75, 3.05) is 0 Å². The van der Waals surface area contributed by atoms with E-state index in [4.69, 9.17) is 13.9 Å². The summed E-state index contributed by atoms with van der Waals surface area (Å²) in [5, 5.41) is 16.6. The van der Waals surface area contributed by atoms with Crippen LogP contribution in [0, 0.1) is 6.92 Å². The van der Waals surface area contributed by atoms with Crippen molar-refractivity contribution in [1.82, 2.24) is 15.2 Å². The quantitative estimate of drug-likeness (QED) is 0.735. The van der Waals surface area contributed by atoms with Crippen LogP contribution in [0.1, 0.15) is 16.2 Å². The van der Waals surface area contributed by atoms with Gasteiger partial charge in [0.25, 0.3) is 5.89 Å². The third kappa shape index (κ3) is 1.53. The summed E-state index contributed by atoms with van der Waals surface area (Å²) in [7, 11) is 0. The van der Waals surface area contributed by atoms with Gasteiger partial charge in [-0.2, -0.15) is 0 Å². The van der Waals surface area contributed by atoms with Crippen molar-refractivity contribution in [3.05, 3.63) is 29.9 Å². The van der Waals surface area contributed by atoms with E-state index < -0.39 is 5.97 Å². The molecule has 18 heavy (non-hydrogen) atoms. The Morgan fingerprint density at radius 1 is 1.39 bits per heavy atom. The van der Waals surface area contributed by atoms with E-state index in [9.17, 15) is 4.79 Å². The number of carboxylic acids is 1. The molecule has 0 atom stereocenters. The lowest BCUT2D eigenvalue weighted by Gasteiger charge is -1.99. The van der Waals surface area contributed by atoms with Crippen molar-refractivity contribution in [3.63, 3.8) is 0 Å². The Morgan fingerprint density at radius 2 is 2.22 bits per heavy atom. The number of pyridine rings is 1. The van der Waals surface area contributed by atoms with Gasteiger partial charge in [-0.15, -0.1) is 10.2 Å². The molecule has 0 unspecified atom stereocenters. The topological polar surface area (TPSA) is 102 Å². The minimum atomic E-state index is -1.10. The Kier molecular flexibility index (Phi) is 2.12. The summed E-state index contributed by atoms with van der Waals surface area (Å²) in [6.45, 7) is 1.64. The second kappa shape index (κ2) is 3.66. The summed E-state index contributed by atoms with van der Waals surface area (Å²) in [4.78, 5) is 15.4. The van der Waals surface area contributed by atoms with Crippen LogP contribution in [0.4, 0.5) is 0 Å². The van der Waals surface area contributed by atoms with Gasteiger partial charge in [0.1, 0.15) is 16.8 Å². The van der Waals surface area contributed by atoms with Crippen LogP contribution < -0.4 is 0 Å². The highest BCUT2D eigenvalue weighted by molar-refractivity contribution is 6.00. The second-order valence-electron chi connectivity index (χ2n) is 3.62. The number of hydrogen-bond acceptors (Lipinski definition) is 6. The second-order valence-corrected chi connectivity index (χ2v) is 3.62. The molecule has 0 fully saturated rings. The number of carboxylic acid groups (broad SMARTS) is 1. The SMILES string of the molecule is Cc1nnc(-c2cc(C(=O)O)c3occc3n2)o1. The summed E-state index contributed by atoms with van der Waals surface area (Å²) in [5.41, 5.74) is 0.973. The average Bonchev–Trinajstić information content (AvgIpc) is 2.95. The highest BCUT2D eigenvalue weighted by Crippen LogP contribution is 2.24. The Balaban J connectivity index is 2.27. The number of carbonyl (C=O) groups is 1. The lowest BCUT2D eigenvalue weighted by molar-refractivity contribution is 0.0698. The molecule has 7 heteroatoms. The third-order valence-electron chi connectivity index (χ3n) is 2.39. The summed E-state index contributed by atoms with van der Waals surface area (Å²) in [6, 6.07) is 2.93. The molecule has 0 saturated carbocycles. The number of hydrogen-bond donors (Lipinski definition) is 1. The van der Waals surface area contributed by atoms with Crippen molar-refractivity contribution in [2.45, 2.75) is 6.92 Å². The Bertz CT molecular complexity index is 744. The maximum absolute atomic E-state index is 11.1. The summed E-state index contributed by atoms with van der Waals surface area (Å²) in [5.74, 6) is -0.538. The number of aromatic carboxylic acids is 1. The minimum absolute atomic E-state index is 0.0100. The molecule has 3 aromatic heterocycles. The smallest absolute Gasteiger partial charge is 0.339 e. The third-order valence-corrected chi connectivity index (χ3v) is 2.39. The number of aromatic nitrogens is 3. The van der Waals surface area contributed by atoms with Crippen molar-refractivity contribution in [3.8, 4) is 11.6 Å². The van der Waals surface area contributed by atoms with Crippen LogP contribution in [0.25, 0.3) is 22.7 Å². The predicted octanol–water partition coefficient (Wildman–Crippen LogP) is 1.88. The van der Waals surface area contributed by atoms with E-state index in [1.165, 1.54) is 12.3 Å². The van der Waals surface area contributed by atoms with Gasteiger partial charge in [-0.05, 0) is 6.07 Å². The van der Waals surface area contributed by atoms with E-state index in [2.05, 4.69) is 15.2 Å². The van der Waals surface area contributed by atoms with Crippen molar-refractivity contribution in [1.29, 1.82) is 0 Å². The standard InChI is InChI=1S/C11H7N3O4/c1-5-13-14-10(18-5)8-4-6(11(15)16)9-7(12-8)2-3-17-9/h2-4H,1H3,(H,15,16). The number of aryl methyl sites for hydroxylation is 1. The van der Waals surface area contributed by atoms with E-state index in [0.717, 1.165) is 0 Å². The Morgan fingerprint density at radius 3 is 2.89 bits per heavy atom. The maximum atomic E-state index is 11.1. The molecule has 90 valence electrons. The molecule has 0 amide bonds. The first-order chi connectivity index (χ1) is 8.65. The van der Waals surface area contributed by atoms with Crippen molar-refractivity contribution >= 4 is 17.1 Å². The van der Waals surface area contributed by atoms with Gasteiger partial charge in [0.05, 0.1) is 6.26 Å². The van der Waals surface area contributed by atoms with Crippen LogP contribution in [0.2, 0.25) is 0 Å². The molecular formula is C11H7N3O4. The zero-order valence-corrected chi connectivity index (χ0v) is 9.25.